The fraction of sp³-hybridized carbons (Fsp3) is 1.00. The van der Waals surface area contributed by atoms with Crippen molar-refractivity contribution >= 4 is 0 Å². The van der Waals surface area contributed by atoms with Crippen molar-refractivity contribution in [2.24, 2.45) is 5.92 Å². The number of rotatable bonds is 16. The molecule has 0 aliphatic rings. The maximum Gasteiger partial charge on any atom is 0.0825 e. The Labute approximate surface area is 128 Å². The van der Waals surface area contributed by atoms with Gasteiger partial charge >= 0.3 is 0 Å². The maximum atomic E-state index is 10.9. The van der Waals surface area contributed by atoms with E-state index in [-0.39, 0.29) is 6.61 Å². The molecule has 121 valence electrons. The molecule has 0 aromatic rings. The standard InChI is InChI=1S/C19H39O/c1-3-5-7-9-10-12-14-16-19(17-18-20)15-13-11-8-6-4-2/h19H,3-18H2,1-2H3. The molecule has 0 aliphatic carbocycles. The normalized spacial score (nSPS) is 12.8. The SMILES string of the molecule is CCCCCCCCCC(CC[O])CCCCCCC. The Kier molecular flexibility index (Phi) is 17.0. The summed E-state index contributed by atoms with van der Waals surface area (Å²) in [7, 11) is 0. The van der Waals surface area contributed by atoms with Crippen molar-refractivity contribution in [2.75, 3.05) is 6.61 Å². The van der Waals surface area contributed by atoms with E-state index in [0.717, 1.165) is 12.3 Å². The van der Waals surface area contributed by atoms with E-state index < -0.39 is 0 Å². The molecule has 0 spiro atoms. The van der Waals surface area contributed by atoms with Crippen molar-refractivity contribution < 1.29 is 5.11 Å². The first-order chi connectivity index (χ1) is 9.85. The van der Waals surface area contributed by atoms with Gasteiger partial charge in [0.2, 0.25) is 0 Å². The van der Waals surface area contributed by atoms with Gasteiger partial charge in [-0.05, 0) is 12.3 Å². The van der Waals surface area contributed by atoms with Gasteiger partial charge in [0.05, 0.1) is 6.61 Å². The van der Waals surface area contributed by atoms with Gasteiger partial charge in [-0.3, -0.25) is 0 Å². The molecule has 0 saturated carbocycles. The van der Waals surface area contributed by atoms with Crippen LogP contribution in [0, 0.1) is 5.92 Å². The minimum Gasteiger partial charge on any atom is -0.237 e. The molecule has 1 radical (unpaired) electrons. The minimum absolute atomic E-state index is 0.135. The summed E-state index contributed by atoms with van der Waals surface area (Å²) in [6.45, 7) is 4.67. The quantitative estimate of drug-likeness (QED) is 0.274. The Hall–Kier alpha value is -0.0400. The van der Waals surface area contributed by atoms with Gasteiger partial charge < -0.3 is 0 Å². The van der Waals surface area contributed by atoms with Gasteiger partial charge in [-0.15, -0.1) is 0 Å². The zero-order valence-electron chi connectivity index (χ0n) is 14.3. The molecule has 0 aromatic carbocycles. The average Bonchev–Trinajstić information content (AvgIpc) is 2.46. The predicted octanol–water partition coefficient (Wildman–Crippen LogP) is 6.92. The highest BCUT2D eigenvalue weighted by atomic mass is 16.3. The van der Waals surface area contributed by atoms with Crippen molar-refractivity contribution in [1.29, 1.82) is 0 Å². The molecule has 0 heterocycles. The summed E-state index contributed by atoms with van der Waals surface area (Å²) in [4.78, 5) is 0. The Morgan fingerprint density at radius 3 is 1.35 bits per heavy atom. The van der Waals surface area contributed by atoms with Crippen LogP contribution in [0.1, 0.15) is 110 Å². The van der Waals surface area contributed by atoms with E-state index in [2.05, 4.69) is 13.8 Å². The monoisotopic (exact) mass is 283 g/mol. The van der Waals surface area contributed by atoms with Crippen molar-refractivity contribution in [1.82, 2.24) is 0 Å². The van der Waals surface area contributed by atoms with Crippen molar-refractivity contribution in [2.45, 2.75) is 110 Å². The highest BCUT2D eigenvalue weighted by Crippen LogP contribution is 2.21. The lowest BCUT2D eigenvalue weighted by atomic mass is 9.92. The summed E-state index contributed by atoms with van der Waals surface area (Å²) in [5.74, 6) is 0.727. The second kappa shape index (κ2) is 17.0. The van der Waals surface area contributed by atoms with Crippen LogP contribution in [0.15, 0.2) is 0 Å². The van der Waals surface area contributed by atoms with Crippen molar-refractivity contribution in [3.63, 3.8) is 0 Å². The summed E-state index contributed by atoms with van der Waals surface area (Å²) < 4.78 is 0. The number of hydrogen-bond acceptors (Lipinski definition) is 0. The zero-order chi connectivity index (χ0) is 14.9. The Morgan fingerprint density at radius 2 is 0.950 bits per heavy atom. The molecule has 0 bridgehead atoms. The molecule has 20 heavy (non-hydrogen) atoms. The van der Waals surface area contributed by atoms with Gasteiger partial charge in [0.15, 0.2) is 0 Å². The summed E-state index contributed by atoms with van der Waals surface area (Å²) >= 11 is 0. The lowest BCUT2D eigenvalue weighted by Crippen LogP contribution is -2.03. The van der Waals surface area contributed by atoms with E-state index >= 15 is 0 Å². The first-order valence-electron chi connectivity index (χ1n) is 9.43. The van der Waals surface area contributed by atoms with Crippen LogP contribution in [0.25, 0.3) is 0 Å². The van der Waals surface area contributed by atoms with Crippen LogP contribution in [0.4, 0.5) is 0 Å². The van der Waals surface area contributed by atoms with Crippen molar-refractivity contribution in [3.05, 3.63) is 0 Å². The van der Waals surface area contributed by atoms with E-state index in [1.807, 2.05) is 0 Å². The second-order valence-corrected chi connectivity index (χ2v) is 6.47. The molecule has 1 heteroatoms. The van der Waals surface area contributed by atoms with Crippen LogP contribution < -0.4 is 0 Å². The van der Waals surface area contributed by atoms with Crippen LogP contribution in [0.3, 0.4) is 0 Å². The zero-order valence-corrected chi connectivity index (χ0v) is 14.3. The minimum atomic E-state index is 0.135. The van der Waals surface area contributed by atoms with Crippen LogP contribution in [-0.4, -0.2) is 6.61 Å². The highest BCUT2D eigenvalue weighted by Gasteiger charge is 2.08. The highest BCUT2D eigenvalue weighted by molar-refractivity contribution is 4.60. The fourth-order valence-electron chi connectivity index (χ4n) is 3.03. The van der Waals surface area contributed by atoms with E-state index in [0.29, 0.717) is 0 Å². The topological polar surface area (TPSA) is 19.9 Å². The van der Waals surface area contributed by atoms with Gasteiger partial charge in [0.25, 0.3) is 0 Å². The Morgan fingerprint density at radius 1 is 0.550 bits per heavy atom. The van der Waals surface area contributed by atoms with Crippen LogP contribution >= 0.6 is 0 Å². The summed E-state index contributed by atoms with van der Waals surface area (Å²) in [5.41, 5.74) is 0. The lowest BCUT2D eigenvalue weighted by Gasteiger charge is -2.15. The van der Waals surface area contributed by atoms with Gasteiger partial charge in [-0.25, -0.2) is 5.11 Å². The molecule has 0 N–H and O–H groups in total. The molecule has 0 saturated heterocycles. The largest absolute Gasteiger partial charge is 0.237 e. The fourth-order valence-corrected chi connectivity index (χ4v) is 3.03. The average molecular weight is 284 g/mol. The van der Waals surface area contributed by atoms with Crippen LogP contribution in [0.2, 0.25) is 0 Å². The van der Waals surface area contributed by atoms with E-state index in [4.69, 9.17) is 0 Å². The maximum absolute atomic E-state index is 10.9. The number of unbranched alkanes of at least 4 members (excludes halogenated alkanes) is 10. The molecule has 0 aliphatic heterocycles. The van der Waals surface area contributed by atoms with Crippen LogP contribution in [-0.2, 0) is 5.11 Å². The van der Waals surface area contributed by atoms with Crippen molar-refractivity contribution in [3.8, 4) is 0 Å². The summed E-state index contributed by atoms with van der Waals surface area (Å²) in [6.07, 6.45) is 20.1. The van der Waals surface area contributed by atoms with Gasteiger partial charge in [-0.2, -0.15) is 0 Å². The lowest BCUT2D eigenvalue weighted by molar-refractivity contribution is 0.163. The first kappa shape index (κ1) is 20.0. The molecule has 1 unspecified atom stereocenters. The molecule has 0 aromatic heterocycles. The smallest absolute Gasteiger partial charge is 0.0825 e. The van der Waals surface area contributed by atoms with E-state index in [9.17, 15) is 5.11 Å². The third-order valence-corrected chi connectivity index (χ3v) is 4.46. The third kappa shape index (κ3) is 14.4. The predicted molar refractivity (Wildman–Crippen MR) is 89.6 cm³/mol. The summed E-state index contributed by atoms with van der Waals surface area (Å²) in [6, 6.07) is 0. The Bertz CT molecular complexity index is 167. The molecular formula is C19H39O. The van der Waals surface area contributed by atoms with E-state index in [1.54, 1.807) is 0 Å². The summed E-state index contributed by atoms with van der Waals surface area (Å²) in [5, 5.41) is 10.9. The van der Waals surface area contributed by atoms with Gasteiger partial charge in [0.1, 0.15) is 0 Å². The van der Waals surface area contributed by atoms with E-state index in [1.165, 1.54) is 89.9 Å². The molecule has 1 atom stereocenters. The third-order valence-electron chi connectivity index (χ3n) is 4.46. The van der Waals surface area contributed by atoms with Gasteiger partial charge in [-0.1, -0.05) is 104 Å². The number of hydrogen-bond donors (Lipinski definition) is 0. The van der Waals surface area contributed by atoms with Gasteiger partial charge in [0, 0.05) is 0 Å². The molecule has 0 amide bonds. The first-order valence-corrected chi connectivity index (χ1v) is 9.43. The Balaban J connectivity index is 3.44. The molecule has 0 fully saturated rings. The molecule has 1 nitrogen and oxygen atoms in total. The molecule has 0 rings (SSSR count). The molecular weight excluding hydrogens is 244 g/mol. The second-order valence-electron chi connectivity index (χ2n) is 6.47. The van der Waals surface area contributed by atoms with Crippen LogP contribution in [0.5, 0.6) is 0 Å².